The summed E-state index contributed by atoms with van der Waals surface area (Å²) in [6.07, 6.45) is 4.87. The fraction of sp³-hybridized carbons (Fsp3) is 0.625. The monoisotopic (exact) mass is 366 g/mol. The third kappa shape index (κ3) is 4.60. The Morgan fingerprint density at radius 3 is 2.80 bits per heavy atom. The molecule has 0 unspecified atom stereocenters. The number of methoxy groups -OCH3 is 1. The number of rotatable bonds is 5. The maximum absolute atomic E-state index is 12.4. The van der Waals surface area contributed by atoms with E-state index in [1.54, 1.807) is 12.4 Å². The summed E-state index contributed by atoms with van der Waals surface area (Å²) in [5.74, 6) is 0.779. The predicted octanol–water partition coefficient (Wildman–Crippen LogP) is 0.569. The Hall–Kier alpha value is -1.87. The number of amides is 1. The summed E-state index contributed by atoms with van der Waals surface area (Å²) >= 11 is 1.30. The van der Waals surface area contributed by atoms with Gasteiger partial charge >= 0.3 is 5.97 Å². The standard InChI is InChI=1S/C16H22N4O4S/c1-23-15(21)11-25-14-10-17-9-13(18-14)19-4-6-20(7-5-19)16(22)12-3-2-8-24-12/h9-10,12H,2-8,11H2,1H3/t12-/m1/s1. The van der Waals surface area contributed by atoms with Crippen LogP contribution in [0.15, 0.2) is 17.4 Å². The van der Waals surface area contributed by atoms with E-state index in [2.05, 4.69) is 19.6 Å². The maximum atomic E-state index is 12.4. The number of carbonyl (C=O) groups excluding carboxylic acids is 2. The van der Waals surface area contributed by atoms with Gasteiger partial charge in [-0.2, -0.15) is 0 Å². The number of carbonyl (C=O) groups is 2. The van der Waals surface area contributed by atoms with Crippen LogP contribution in [0.3, 0.4) is 0 Å². The molecule has 9 heteroatoms. The average molecular weight is 366 g/mol. The Labute approximate surface area is 150 Å². The van der Waals surface area contributed by atoms with E-state index < -0.39 is 0 Å². The van der Waals surface area contributed by atoms with Gasteiger partial charge in [0.1, 0.15) is 16.9 Å². The van der Waals surface area contributed by atoms with Crippen molar-refractivity contribution in [3.8, 4) is 0 Å². The molecular weight excluding hydrogens is 344 g/mol. The minimum atomic E-state index is -0.293. The second kappa shape index (κ2) is 8.48. The van der Waals surface area contributed by atoms with Crippen LogP contribution < -0.4 is 4.90 Å². The van der Waals surface area contributed by atoms with Crippen molar-refractivity contribution in [3.05, 3.63) is 12.4 Å². The smallest absolute Gasteiger partial charge is 0.316 e. The normalized spacial score (nSPS) is 20.6. The molecule has 0 aromatic carbocycles. The minimum absolute atomic E-state index is 0.102. The lowest BCUT2D eigenvalue weighted by Gasteiger charge is -2.36. The van der Waals surface area contributed by atoms with Crippen molar-refractivity contribution in [2.75, 3.05) is 50.5 Å². The van der Waals surface area contributed by atoms with Crippen LogP contribution in [0.5, 0.6) is 0 Å². The summed E-state index contributed by atoms with van der Waals surface area (Å²) in [5, 5.41) is 0.681. The van der Waals surface area contributed by atoms with Gasteiger partial charge in [-0.15, -0.1) is 0 Å². The van der Waals surface area contributed by atoms with Gasteiger partial charge in [-0.05, 0) is 12.8 Å². The molecule has 25 heavy (non-hydrogen) atoms. The fourth-order valence-electron chi connectivity index (χ4n) is 2.88. The third-order valence-corrected chi connectivity index (χ3v) is 5.16. The lowest BCUT2D eigenvalue weighted by atomic mass is 10.2. The maximum Gasteiger partial charge on any atom is 0.316 e. The molecule has 2 fully saturated rings. The minimum Gasteiger partial charge on any atom is -0.468 e. The molecule has 2 aliphatic heterocycles. The van der Waals surface area contributed by atoms with Gasteiger partial charge < -0.3 is 19.3 Å². The number of thioether (sulfide) groups is 1. The summed E-state index contributed by atoms with van der Waals surface area (Å²) in [7, 11) is 1.36. The van der Waals surface area contributed by atoms with Crippen molar-refractivity contribution in [2.45, 2.75) is 24.0 Å². The van der Waals surface area contributed by atoms with E-state index in [4.69, 9.17) is 4.74 Å². The molecule has 1 aromatic rings. The van der Waals surface area contributed by atoms with Gasteiger partial charge in [-0.25, -0.2) is 4.98 Å². The first-order valence-corrected chi connectivity index (χ1v) is 9.33. The molecule has 3 heterocycles. The Morgan fingerprint density at radius 2 is 2.12 bits per heavy atom. The zero-order valence-electron chi connectivity index (χ0n) is 14.2. The molecule has 0 N–H and O–H groups in total. The molecule has 0 aliphatic carbocycles. The molecule has 136 valence electrons. The van der Waals surface area contributed by atoms with Crippen molar-refractivity contribution in [1.82, 2.24) is 14.9 Å². The highest BCUT2D eigenvalue weighted by molar-refractivity contribution is 7.99. The van der Waals surface area contributed by atoms with E-state index >= 15 is 0 Å². The Kier molecular flexibility index (Phi) is 6.09. The fourth-order valence-corrected chi connectivity index (χ4v) is 3.56. The largest absolute Gasteiger partial charge is 0.468 e. The van der Waals surface area contributed by atoms with E-state index in [9.17, 15) is 9.59 Å². The van der Waals surface area contributed by atoms with E-state index in [1.165, 1.54) is 18.9 Å². The number of anilines is 1. The lowest BCUT2D eigenvalue weighted by Crippen LogP contribution is -2.51. The van der Waals surface area contributed by atoms with Gasteiger partial charge in [0.25, 0.3) is 5.91 Å². The molecule has 0 radical (unpaired) electrons. The van der Waals surface area contributed by atoms with Gasteiger partial charge in [0.15, 0.2) is 0 Å². The van der Waals surface area contributed by atoms with Crippen molar-refractivity contribution in [3.63, 3.8) is 0 Å². The molecule has 1 atom stereocenters. The third-order valence-electron chi connectivity index (χ3n) is 4.29. The second-order valence-electron chi connectivity index (χ2n) is 5.89. The predicted molar refractivity (Wildman–Crippen MR) is 92.5 cm³/mol. The van der Waals surface area contributed by atoms with Gasteiger partial charge in [-0.3, -0.25) is 14.6 Å². The summed E-state index contributed by atoms with van der Waals surface area (Å²) in [6.45, 7) is 3.40. The SMILES string of the molecule is COC(=O)CSc1cncc(N2CCN(C(=O)[C@H]3CCCO3)CC2)n1. The molecule has 0 spiro atoms. The van der Waals surface area contributed by atoms with Gasteiger partial charge in [0.2, 0.25) is 0 Å². The molecule has 1 amide bonds. The molecule has 3 rings (SSSR count). The van der Waals surface area contributed by atoms with Crippen LogP contribution in [0.4, 0.5) is 5.82 Å². The molecule has 2 aliphatic rings. The van der Waals surface area contributed by atoms with Crippen LogP contribution in [-0.4, -0.2) is 78.5 Å². The van der Waals surface area contributed by atoms with Crippen molar-refractivity contribution < 1.29 is 19.1 Å². The number of aromatic nitrogens is 2. The zero-order valence-corrected chi connectivity index (χ0v) is 15.0. The van der Waals surface area contributed by atoms with Crippen molar-refractivity contribution >= 4 is 29.5 Å². The van der Waals surface area contributed by atoms with Gasteiger partial charge in [0, 0.05) is 32.8 Å². The Bertz CT molecular complexity index is 616. The number of nitrogens with zero attached hydrogens (tertiary/aromatic N) is 4. The summed E-state index contributed by atoms with van der Waals surface area (Å²) in [6, 6.07) is 0. The Morgan fingerprint density at radius 1 is 1.32 bits per heavy atom. The molecular formula is C16H22N4O4S. The molecule has 0 saturated carbocycles. The number of piperazine rings is 1. The zero-order chi connectivity index (χ0) is 17.6. The summed E-state index contributed by atoms with van der Waals surface area (Å²) < 4.78 is 10.1. The molecule has 0 bridgehead atoms. The quantitative estimate of drug-likeness (QED) is 0.552. The summed E-state index contributed by atoms with van der Waals surface area (Å²) in [5.41, 5.74) is 0. The highest BCUT2D eigenvalue weighted by atomic mass is 32.2. The number of hydrogen-bond donors (Lipinski definition) is 0. The van der Waals surface area contributed by atoms with Crippen molar-refractivity contribution in [2.24, 2.45) is 0 Å². The van der Waals surface area contributed by atoms with Crippen LogP contribution in [0.1, 0.15) is 12.8 Å². The second-order valence-corrected chi connectivity index (χ2v) is 6.89. The van der Waals surface area contributed by atoms with Crippen molar-refractivity contribution in [1.29, 1.82) is 0 Å². The van der Waals surface area contributed by atoms with Gasteiger partial charge in [-0.1, -0.05) is 11.8 Å². The number of ether oxygens (including phenoxy) is 2. The summed E-state index contributed by atoms with van der Waals surface area (Å²) in [4.78, 5) is 36.3. The van der Waals surface area contributed by atoms with Crippen LogP contribution in [0, 0.1) is 0 Å². The average Bonchev–Trinajstić information content (AvgIpc) is 3.20. The topological polar surface area (TPSA) is 84.9 Å². The van der Waals surface area contributed by atoms with Crippen LogP contribution in [-0.2, 0) is 19.1 Å². The van der Waals surface area contributed by atoms with E-state index in [1.807, 2.05) is 4.90 Å². The first kappa shape index (κ1) is 17.9. The van der Waals surface area contributed by atoms with Crippen LogP contribution >= 0.6 is 11.8 Å². The molecule has 2 saturated heterocycles. The van der Waals surface area contributed by atoms with Gasteiger partial charge in [0.05, 0.1) is 25.3 Å². The number of hydrogen-bond acceptors (Lipinski definition) is 8. The van der Waals surface area contributed by atoms with Crippen LogP contribution in [0.2, 0.25) is 0 Å². The number of esters is 1. The first-order valence-electron chi connectivity index (χ1n) is 8.34. The molecule has 1 aromatic heterocycles. The highest BCUT2D eigenvalue weighted by Crippen LogP contribution is 2.21. The Balaban J connectivity index is 1.53. The molecule has 8 nitrogen and oxygen atoms in total. The van der Waals surface area contributed by atoms with E-state index in [0.29, 0.717) is 37.8 Å². The highest BCUT2D eigenvalue weighted by Gasteiger charge is 2.30. The first-order chi connectivity index (χ1) is 12.2. The van der Waals surface area contributed by atoms with Crippen LogP contribution in [0.25, 0.3) is 0 Å². The van der Waals surface area contributed by atoms with E-state index in [0.717, 1.165) is 18.7 Å². The lowest BCUT2D eigenvalue weighted by molar-refractivity contribution is -0.141. The van der Waals surface area contributed by atoms with E-state index in [-0.39, 0.29) is 23.7 Å².